The molecule has 1 aromatic rings. The molecule has 1 aromatic carbocycles. The highest BCUT2D eigenvalue weighted by Gasteiger charge is 2.20. The number of halogens is 1. The van der Waals surface area contributed by atoms with Gasteiger partial charge in [0.15, 0.2) is 0 Å². The summed E-state index contributed by atoms with van der Waals surface area (Å²) in [6.07, 6.45) is 1.58. The Labute approximate surface area is 117 Å². The molecule has 0 saturated carbocycles. The molecule has 0 fully saturated rings. The fourth-order valence-corrected chi connectivity index (χ4v) is 1.66. The molecular weight excluding hydrogens is 263 g/mol. The summed E-state index contributed by atoms with van der Waals surface area (Å²) in [5, 5.41) is 14.3. The van der Waals surface area contributed by atoms with Crippen LogP contribution in [0.5, 0.6) is 0 Å². The van der Waals surface area contributed by atoms with Crippen LogP contribution in [0.3, 0.4) is 0 Å². The van der Waals surface area contributed by atoms with Crippen molar-refractivity contribution in [2.75, 3.05) is 11.9 Å². The first kappa shape index (κ1) is 16.1. The largest absolute Gasteiger partial charge is 0.480 e. The maximum absolute atomic E-state index is 13.0. The molecule has 0 aliphatic carbocycles. The monoisotopic (exact) mass is 282 g/mol. The summed E-state index contributed by atoms with van der Waals surface area (Å²) in [5.41, 5.74) is 0.313. The number of anilines is 1. The van der Waals surface area contributed by atoms with E-state index in [4.69, 9.17) is 5.11 Å². The Hall–Kier alpha value is -1.95. The number of carboxylic acids is 1. The number of carboxylic acid groups (broad SMARTS) is 1. The average molecular weight is 282 g/mol. The van der Waals surface area contributed by atoms with Crippen LogP contribution in [0.2, 0.25) is 0 Å². The van der Waals surface area contributed by atoms with Gasteiger partial charge in [0, 0.05) is 5.69 Å². The lowest BCUT2D eigenvalue weighted by Crippen LogP contribution is -2.40. The molecule has 0 heterocycles. The highest BCUT2D eigenvalue weighted by Crippen LogP contribution is 2.09. The van der Waals surface area contributed by atoms with Crippen LogP contribution in [0.15, 0.2) is 24.3 Å². The molecule has 3 N–H and O–H groups in total. The third kappa shape index (κ3) is 5.79. The highest BCUT2D eigenvalue weighted by molar-refractivity contribution is 5.94. The van der Waals surface area contributed by atoms with E-state index in [1.165, 1.54) is 18.2 Å². The molecule has 110 valence electrons. The van der Waals surface area contributed by atoms with Crippen molar-refractivity contribution >= 4 is 17.6 Å². The van der Waals surface area contributed by atoms with Crippen LogP contribution >= 0.6 is 0 Å². The van der Waals surface area contributed by atoms with Gasteiger partial charge in [-0.1, -0.05) is 19.4 Å². The minimum Gasteiger partial charge on any atom is -0.480 e. The highest BCUT2D eigenvalue weighted by atomic mass is 19.1. The molecule has 0 spiro atoms. The Balaban J connectivity index is 2.51. The van der Waals surface area contributed by atoms with Crippen molar-refractivity contribution in [3.63, 3.8) is 0 Å². The lowest BCUT2D eigenvalue weighted by Gasteiger charge is -2.14. The van der Waals surface area contributed by atoms with Crippen LogP contribution in [0.1, 0.15) is 26.2 Å². The van der Waals surface area contributed by atoms with E-state index in [1.807, 2.05) is 6.92 Å². The molecule has 0 saturated heterocycles. The van der Waals surface area contributed by atoms with Crippen LogP contribution < -0.4 is 10.6 Å². The van der Waals surface area contributed by atoms with Crippen LogP contribution in [0.25, 0.3) is 0 Å². The summed E-state index contributed by atoms with van der Waals surface area (Å²) in [6, 6.07) is 4.52. The van der Waals surface area contributed by atoms with Gasteiger partial charge in [-0.2, -0.15) is 0 Å². The molecule has 20 heavy (non-hydrogen) atoms. The van der Waals surface area contributed by atoms with E-state index >= 15 is 0 Å². The maximum atomic E-state index is 13.0. The average Bonchev–Trinajstić information content (AvgIpc) is 2.37. The van der Waals surface area contributed by atoms with Crippen LogP contribution in [0.4, 0.5) is 10.1 Å². The van der Waals surface area contributed by atoms with Gasteiger partial charge in [0.1, 0.15) is 11.9 Å². The molecule has 0 aliphatic rings. The molecule has 5 nitrogen and oxygen atoms in total. The second-order valence-electron chi connectivity index (χ2n) is 4.46. The number of aliphatic carboxylic acids is 1. The zero-order valence-corrected chi connectivity index (χ0v) is 11.4. The number of unbranched alkanes of at least 4 members (excludes halogenated alkanes) is 1. The van der Waals surface area contributed by atoms with Crippen LogP contribution in [0, 0.1) is 5.82 Å². The zero-order chi connectivity index (χ0) is 15.0. The van der Waals surface area contributed by atoms with E-state index in [1.54, 1.807) is 6.07 Å². The smallest absolute Gasteiger partial charge is 0.321 e. The predicted molar refractivity (Wildman–Crippen MR) is 74.0 cm³/mol. The van der Waals surface area contributed by atoms with Crippen LogP contribution in [-0.4, -0.2) is 29.6 Å². The van der Waals surface area contributed by atoms with Crippen molar-refractivity contribution in [3.05, 3.63) is 30.1 Å². The van der Waals surface area contributed by atoms with E-state index in [9.17, 15) is 14.0 Å². The summed E-state index contributed by atoms with van der Waals surface area (Å²) in [6.45, 7) is 2.54. The van der Waals surface area contributed by atoms with E-state index < -0.39 is 23.7 Å². The zero-order valence-electron chi connectivity index (χ0n) is 11.4. The summed E-state index contributed by atoms with van der Waals surface area (Å²) in [4.78, 5) is 22.8. The second kappa shape index (κ2) is 8.27. The first-order valence-electron chi connectivity index (χ1n) is 6.54. The Kier molecular flexibility index (Phi) is 6.66. The SMILES string of the molecule is CCCCNC(CC(=O)Nc1cccc(F)c1)C(=O)O. The number of carbonyl (C=O) groups excluding carboxylic acids is 1. The Morgan fingerprint density at radius 1 is 1.40 bits per heavy atom. The van der Waals surface area contributed by atoms with Crippen molar-refractivity contribution in [1.29, 1.82) is 0 Å². The fraction of sp³-hybridized carbons (Fsp3) is 0.429. The van der Waals surface area contributed by atoms with Crippen molar-refractivity contribution < 1.29 is 19.1 Å². The van der Waals surface area contributed by atoms with E-state index in [0.717, 1.165) is 12.8 Å². The summed E-state index contributed by atoms with van der Waals surface area (Å²) in [5.74, 6) is -2.00. The molecule has 6 heteroatoms. The quantitative estimate of drug-likeness (QED) is 0.637. The van der Waals surface area contributed by atoms with Gasteiger partial charge in [0.2, 0.25) is 5.91 Å². The van der Waals surface area contributed by atoms with Crippen LogP contribution in [-0.2, 0) is 9.59 Å². The molecule has 1 rings (SSSR count). The number of carbonyl (C=O) groups is 2. The van der Waals surface area contributed by atoms with Gasteiger partial charge in [-0.15, -0.1) is 0 Å². The lowest BCUT2D eigenvalue weighted by atomic mass is 10.2. The molecular formula is C14H19FN2O3. The molecule has 1 amide bonds. The number of amides is 1. The first-order valence-corrected chi connectivity index (χ1v) is 6.54. The minimum absolute atomic E-state index is 0.199. The predicted octanol–water partition coefficient (Wildman–Crippen LogP) is 2.00. The topological polar surface area (TPSA) is 78.4 Å². The van der Waals surface area contributed by atoms with Crippen molar-refractivity contribution in [3.8, 4) is 0 Å². The van der Waals surface area contributed by atoms with E-state index in [-0.39, 0.29) is 6.42 Å². The Bertz CT molecular complexity index is 465. The minimum atomic E-state index is -1.07. The van der Waals surface area contributed by atoms with Gasteiger partial charge < -0.3 is 15.7 Å². The van der Waals surface area contributed by atoms with Crippen molar-refractivity contribution in [2.45, 2.75) is 32.2 Å². The van der Waals surface area contributed by atoms with Gasteiger partial charge >= 0.3 is 5.97 Å². The van der Waals surface area contributed by atoms with Crippen molar-refractivity contribution in [1.82, 2.24) is 5.32 Å². The summed E-state index contributed by atoms with van der Waals surface area (Å²) in [7, 11) is 0. The van der Waals surface area contributed by atoms with Gasteiger partial charge in [0.25, 0.3) is 0 Å². The second-order valence-corrected chi connectivity index (χ2v) is 4.46. The van der Waals surface area contributed by atoms with Gasteiger partial charge in [-0.3, -0.25) is 9.59 Å². The molecule has 0 aromatic heterocycles. The molecule has 0 aliphatic heterocycles. The third-order valence-electron chi connectivity index (χ3n) is 2.72. The van der Waals surface area contributed by atoms with Gasteiger partial charge in [0.05, 0.1) is 6.42 Å². The number of nitrogens with one attached hydrogen (secondary N) is 2. The standard InChI is InChI=1S/C14H19FN2O3/c1-2-3-7-16-12(14(19)20)9-13(18)17-11-6-4-5-10(15)8-11/h4-6,8,12,16H,2-3,7,9H2,1H3,(H,17,18)(H,19,20). The lowest BCUT2D eigenvalue weighted by molar-refractivity contribution is -0.141. The number of hydrogen-bond donors (Lipinski definition) is 3. The number of hydrogen-bond acceptors (Lipinski definition) is 3. The number of rotatable bonds is 8. The van der Waals surface area contributed by atoms with Gasteiger partial charge in [-0.25, -0.2) is 4.39 Å². The Morgan fingerprint density at radius 2 is 2.15 bits per heavy atom. The molecule has 0 bridgehead atoms. The molecule has 1 atom stereocenters. The first-order chi connectivity index (χ1) is 9.52. The number of benzene rings is 1. The molecule has 0 radical (unpaired) electrons. The van der Waals surface area contributed by atoms with Crippen molar-refractivity contribution in [2.24, 2.45) is 0 Å². The fourth-order valence-electron chi connectivity index (χ4n) is 1.66. The third-order valence-corrected chi connectivity index (χ3v) is 2.72. The summed E-state index contributed by atoms with van der Waals surface area (Å²) >= 11 is 0. The van der Waals surface area contributed by atoms with E-state index in [2.05, 4.69) is 10.6 Å². The van der Waals surface area contributed by atoms with E-state index in [0.29, 0.717) is 12.2 Å². The molecule has 1 unspecified atom stereocenters. The Morgan fingerprint density at radius 3 is 2.75 bits per heavy atom. The normalized spacial score (nSPS) is 11.9. The maximum Gasteiger partial charge on any atom is 0.321 e. The van der Waals surface area contributed by atoms with Gasteiger partial charge in [-0.05, 0) is 31.2 Å². The summed E-state index contributed by atoms with van der Waals surface area (Å²) < 4.78 is 13.0.